The first-order valence-electron chi connectivity index (χ1n) is 8.34. The molecular weight excluding hydrogens is 298 g/mol. The van der Waals surface area contributed by atoms with Gasteiger partial charge in [-0.1, -0.05) is 19.8 Å². The molecule has 3 rings (SSSR count). The molecule has 3 N–H and O–H groups in total. The van der Waals surface area contributed by atoms with Crippen LogP contribution in [0.2, 0.25) is 0 Å². The van der Waals surface area contributed by atoms with Crippen LogP contribution in [0.3, 0.4) is 0 Å². The van der Waals surface area contributed by atoms with Crippen molar-refractivity contribution in [1.82, 2.24) is 4.98 Å². The van der Waals surface area contributed by atoms with Crippen LogP contribution in [-0.2, 0) is 22.4 Å². The van der Waals surface area contributed by atoms with Gasteiger partial charge in [-0.3, -0.25) is 10.1 Å². The summed E-state index contributed by atoms with van der Waals surface area (Å²) in [5.41, 5.74) is 6.77. The summed E-state index contributed by atoms with van der Waals surface area (Å²) in [7, 11) is 0. The van der Waals surface area contributed by atoms with Crippen LogP contribution < -0.4 is 11.1 Å². The zero-order valence-electron chi connectivity index (χ0n) is 13.1. The Balaban J connectivity index is 1.59. The average molecular weight is 323 g/mol. The molecule has 1 amide bonds. The lowest BCUT2D eigenvalue weighted by molar-refractivity contribution is -0.126. The molecule has 1 unspecified atom stereocenters. The maximum absolute atomic E-state index is 12.2. The van der Waals surface area contributed by atoms with E-state index in [0.29, 0.717) is 6.54 Å². The molecule has 0 radical (unpaired) electrons. The molecule has 1 aliphatic carbocycles. The molecule has 1 aromatic heterocycles. The molecule has 3 atom stereocenters. The van der Waals surface area contributed by atoms with Crippen molar-refractivity contribution in [3.63, 3.8) is 0 Å². The van der Waals surface area contributed by atoms with E-state index in [0.717, 1.165) is 36.7 Å². The number of ether oxygens (including phenoxy) is 1. The summed E-state index contributed by atoms with van der Waals surface area (Å²) >= 11 is 1.64. The van der Waals surface area contributed by atoms with E-state index in [1.807, 2.05) is 0 Å². The lowest BCUT2D eigenvalue weighted by Crippen LogP contribution is -2.29. The van der Waals surface area contributed by atoms with Crippen LogP contribution in [0.15, 0.2) is 0 Å². The SMILES string of the molecule is CCCC1CCc2nc(NC(=O)[C@@H]3CC[C@H](CN)O3)sc2C1. The fourth-order valence-electron chi connectivity index (χ4n) is 3.41. The molecule has 0 aromatic carbocycles. The Morgan fingerprint density at radius 2 is 2.32 bits per heavy atom. The molecule has 6 heteroatoms. The van der Waals surface area contributed by atoms with Gasteiger partial charge in [0.25, 0.3) is 5.91 Å². The Kier molecular flexibility index (Phi) is 5.10. The number of nitrogens with zero attached hydrogens (tertiary/aromatic N) is 1. The van der Waals surface area contributed by atoms with Crippen LogP contribution in [-0.4, -0.2) is 29.6 Å². The van der Waals surface area contributed by atoms with E-state index in [2.05, 4.69) is 17.2 Å². The number of nitrogens with two attached hydrogens (primary N) is 1. The highest BCUT2D eigenvalue weighted by Crippen LogP contribution is 2.34. The fourth-order valence-corrected chi connectivity index (χ4v) is 4.53. The molecule has 1 aliphatic heterocycles. The van der Waals surface area contributed by atoms with Gasteiger partial charge in [0.2, 0.25) is 0 Å². The third kappa shape index (κ3) is 3.50. The topological polar surface area (TPSA) is 77.2 Å². The maximum Gasteiger partial charge on any atom is 0.255 e. The Morgan fingerprint density at radius 1 is 1.45 bits per heavy atom. The van der Waals surface area contributed by atoms with E-state index in [-0.39, 0.29) is 18.1 Å². The van der Waals surface area contributed by atoms with E-state index in [4.69, 9.17) is 10.5 Å². The van der Waals surface area contributed by atoms with Crippen molar-refractivity contribution in [2.75, 3.05) is 11.9 Å². The van der Waals surface area contributed by atoms with Crippen molar-refractivity contribution >= 4 is 22.4 Å². The zero-order chi connectivity index (χ0) is 15.5. The first-order chi connectivity index (χ1) is 10.7. The molecule has 5 nitrogen and oxygen atoms in total. The number of thiazole rings is 1. The second-order valence-electron chi connectivity index (χ2n) is 6.34. The molecule has 1 fully saturated rings. The first-order valence-corrected chi connectivity index (χ1v) is 9.16. The predicted molar refractivity (Wildman–Crippen MR) is 88.1 cm³/mol. The summed E-state index contributed by atoms with van der Waals surface area (Å²) < 4.78 is 5.64. The Bertz CT molecular complexity index is 531. The Hall–Kier alpha value is -0.980. The molecule has 1 aromatic rings. The predicted octanol–water partition coefficient (Wildman–Crippen LogP) is 2.49. The molecule has 2 heterocycles. The van der Waals surface area contributed by atoms with E-state index >= 15 is 0 Å². The van der Waals surface area contributed by atoms with Gasteiger partial charge in [0.1, 0.15) is 6.10 Å². The molecule has 0 bridgehead atoms. The minimum atomic E-state index is -0.373. The summed E-state index contributed by atoms with van der Waals surface area (Å²) in [6, 6.07) is 0. The molecule has 0 spiro atoms. The number of anilines is 1. The van der Waals surface area contributed by atoms with Gasteiger partial charge < -0.3 is 10.5 Å². The Morgan fingerprint density at radius 3 is 3.05 bits per heavy atom. The van der Waals surface area contributed by atoms with Gasteiger partial charge in [-0.2, -0.15) is 0 Å². The zero-order valence-corrected chi connectivity index (χ0v) is 14.0. The van der Waals surface area contributed by atoms with Gasteiger partial charge >= 0.3 is 0 Å². The fraction of sp³-hybridized carbons (Fsp3) is 0.750. The number of hydrogen-bond acceptors (Lipinski definition) is 5. The molecule has 0 saturated carbocycles. The minimum absolute atomic E-state index is 0.0232. The first kappa shape index (κ1) is 15.9. The van der Waals surface area contributed by atoms with Crippen LogP contribution >= 0.6 is 11.3 Å². The smallest absolute Gasteiger partial charge is 0.255 e. The number of aryl methyl sites for hydroxylation is 1. The number of nitrogens with one attached hydrogen (secondary N) is 1. The number of amides is 1. The van der Waals surface area contributed by atoms with Crippen LogP contribution in [0.1, 0.15) is 49.6 Å². The van der Waals surface area contributed by atoms with Crippen molar-refractivity contribution in [2.45, 2.75) is 64.1 Å². The molecule has 2 aliphatic rings. The highest BCUT2D eigenvalue weighted by molar-refractivity contribution is 7.15. The number of hydrogen-bond donors (Lipinski definition) is 2. The summed E-state index contributed by atoms with van der Waals surface area (Å²) in [6.45, 7) is 2.72. The van der Waals surface area contributed by atoms with Crippen molar-refractivity contribution < 1.29 is 9.53 Å². The van der Waals surface area contributed by atoms with E-state index in [1.54, 1.807) is 11.3 Å². The molecular formula is C16H25N3O2S. The van der Waals surface area contributed by atoms with Crippen molar-refractivity contribution in [2.24, 2.45) is 11.7 Å². The van der Waals surface area contributed by atoms with Gasteiger partial charge in [-0.25, -0.2) is 4.98 Å². The number of rotatable bonds is 5. The number of fused-ring (bicyclic) bond motifs is 1. The second-order valence-corrected chi connectivity index (χ2v) is 7.42. The van der Waals surface area contributed by atoms with Crippen LogP contribution in [0.4, 0.5) is 5.13 Å². The maximum atomic E-state index is 12.2. The summed E-state index contributed by atoms with van der Waals surface area (Å²) in [6.07, 6.45) is 7.17. The number of carbonyl (C=O) groups is 1. The lowest BCUT2D eigenvalue weighted by Gasteiger charge is -2.19. The van der Waals surface area contributed by atoms with E-state index in [1.165, 1.54) is 29.8 Å². The van der Waals surface area contributed by atoms with Crippen molar-refractivity contribution in [1.29, 1.82) is 0 Å². The van der Waals surface area contributed by atoms with E-state index < -0.39 is 0 Å². The third-order valence-electron chi connectivity index (χ3n) is 4.63. The van der Waals surface area contributed by atoms with Crippen LogP contribution in [0.5, 0.6) is 0 Å². The van der Waals surface area contributed by atoms with Gasteiger partial charge in [-0.15, -0.1) is 11.3 Å². The molecule has 122 valence electrons. The Labute approximate surface area is 135 Å². The molecule has 1 saturated heterocycles. The average Bonchev–Trinajstić information content (AvgIpc) is 3.12. The number of aromatic nitrogens is 1. The minimum Gasteiger partial charge on any atom is -0.364 e. The van der Waals surface area contributed by atoms with Gasteiger partial charge in [0, 0.05) is 11.4 Å². The summed E-state index contributed by atoms with van der Waals surface area (Å²) in [5, 5.41) is 3.66. The summed E-state index contributed by atoms with van der Waals surface area (Å²) in [4.78, 5) is 18.2. The van der Waals surface area contributed by atoms with Gasteiger partial charge in [0.15, 0.2) is 5.13 Å². The monoisotopic (exact) mass is 323 g/mol. The van der Waals surface area contributed by atoms with Gasteiger partial charge in [-0.05, 0) is 38.0 Å². The lowest BCUT2D eigenvalue weighted by atomic mass is 9.88. The highest BCUT2D eigenvalue weighted by Gasteiger charge is 2.31. The highest BCUT2D eigenvalue weighted by atomic mass is 32.1. The number of carbonyl (C=O) groups excluding carboxylic acids is 1. The standard InChI is InChI=1S/C16H25N3O2S/c1-2-3-10-4-6-12-14(8-10)22-16(18-12)19-15(20)13-7-5-11(9-17)21-13/h10-11,13H,2-9,17H2,1H3,(H,18,19,20)/t10?,11-,13+/m1/s1. The second kappa shape index (κ2) is 7.06. The van der Waals surface area contributed by atoms with Crippen LogP contribution in [0.25, 0.3) is 0 Å². The largest absolute Gasteiger partial charge is 0.364 e. The third-order valence-corrected chi connectivity index (χ3v) is 5.67. The normalized spacial score (nSPS) is 27.6. The molecule has 22 heavy (non-hydrogen) atoms. The van der Waals surface area contributed by atoms with Gasteiger partial charge in [0.05, 0.1) is 11.8 Å². The van der Waals surface area contributed by atoms with Crippen LogP contribution in [0, 0.1) is 5.92 Å². The van der Waals surface area contributed by atoms with E-state index in [9.17, 15) is 4.79 Å². The quantitative estimate of drug-likeness (QED) is 0.873. The van der Waals surface area contributed by atoms with Crippen molar-refractivity contribution in [3.8, 4) is 0 Å². The van der Waals surface area contributed by atoms with Crippen molar-refractivity contribution in [3.05, 3.63) is 10.6 Å². The summed E-state index contributed by atoms with van der Waals surface area (Å²) in [5.74, 6) is 0.706.